The number of aliphatic hydroxyl groups is 2. The molecular weight excluding hydrogens is 684 g/mol. The Bertz CT molecular complexity index is 2190. The average molecular weight is 737 g/mol. The van der Waals surface area contributed by atoms with Crippen molar-refractivity contribution in [3.05, 3.63) is 76.1 Å². The smallest absolute Gasteiger partial charge is 0.303 e. The molecule has 2 aromatic heterocycles. The number of aromatic nitrogens is 2. The number of benzene rings is 2. The fourth-order valence-corrected chi connectivity index (χ4v) is 11.8. The second-order valence-corrected chi connectivity index (χ2v) is 16.6. The monoisotopic (exact) mass is 736 g/mol. The van der Waals surface area contributed by atoms with Gasteiger partial charge in [0.1, 0.15) is 5.75 Å². The molecule has 4 fully saturated rings. The van der Waals surface area contributed by atoms with Crippen molar-refractivity contribution in [1.29, 1.82) is 0 Å². The number of carbonyl (C=O) groups is 2. The summed E-state index contributed by atoms with van der Waals surface area (Å²) in [6.07, 6.45) is 5.06. The second-order valence-electron chi connectivity index (χ2n) is 16.6. The van der Waals surface area contributed by atoms with Crippen LogP contribution in [-0.2, 0) is 37.5 Å². The Labute approximate surface area is 315 Å². The zero-order valence-corrected chi connectivity index (χ0v) is 31.8. The first-order valence-electron chi connectivity index (χ1n) is 19.6. The van der Waals surface area contributed by atoms with Crippen LogP contribution in [0.1, 0.15) is 81.0 Å². The Morgan fingerprint density at radius 2 is 1.85 bits per heavy atom. The number of rotatable bonds is 6. The quantitative estimate of drug-likeness (QED) is 0.137. The van der Waals surface area contributed by atoms with E-state index in [1.54, 1.807) is 7.11 Å². The fraction of sp³-hybridized carbons (Fsp3) is 0.535. The molecule has 1 saturated carbocycles. The number of aromatic amines is 2. The van der Waals surface area contributed by atoms with Gasteiger partial charge in [-0.25, -0.2) is 0 Å². The molecule has 10 unspecified atom stereocenters. The van der Waals surface area contributed by atoms with Gasteiger partial charge in [0.15, 0.2) is 11.2 Å². The Hall–Kier alpha value is -4.16. The van der Waals surface area contributed by atoms with Gasteiger partial charge in [-0.15, -0.1) is 0 Å². The Morgan fingerprint density at radius 1 is 1.06 bits per heavy atom. The molecule has 54 heavy (non-hydrogen) atoms. The van der Waals surface area contributed by atoms with E-state index in [2.05, 4.69) is 50.5 Å². The maximum absolute atomic E-state index is 13.0. The fourth-order valence-electron chi connectivity index (χ4n) is 11.8. The predicted octanol–water partition coefficient (Wildman–Crippen LogP) is 4.97. The van der Waals surface area contributed by atoms with Gasteiger partial charge < -0.3 is 39.7 Å². The molecule has 4 aliphatic heterocycles. The zero-order chi connectivity index (χ0) is 37.7. The first-order chi connectivity index (χ1) is 26.0. The molecule has 4 aromatic rings. The third kappa shape index (κ3) is 5.14. The Kier molecular flexibility index (Phi) is 8.53. The van der Waals surface area contributed by atoms with Crippen LogP contribution >= 0.6 is 0 Å². The van der Waals surface area contributed by atoms with E-state index in [1.807, 2.05) is 26.0 Å². The third-order valence-electron chi connectivity index (χ3n) is 13.8. The SMILES string of the molecule is CC=C1CNC2Cc3c([nH]c4ccccc34)C(c3cc4c5c([nH]c4cc3OC)C3(OC(C)=O)CC4CC(C(C)O)C3N(CC5)C4)CC1C2(CO)OC(C)=O. The van der Waals surface area contributed by atoms with Crippen LogP contribution in [0.2, 0.25) is 0 Å². The number of hydrogen-bond acceptors (Lipinski definition) is 9. The van der Waals surface area contributed by atoms with E-state index >= 15 is 0 Å². The second kappa shape index (κ2) is 13.0. The molecule has 11 heteroatoms. The van der Waals surface area contributed by atoms with Crippen LogP contribution in [0, 0.1) is 17.8 Å². The summed E-state index contributed by atoms with van der Waals surface area (Å²) < 4.78 is 19.1. The van der Waals surface area contributed by atoms with Gasteiger partial charge >= 0.3 is 11.9 Å². The molecule has 2 aromatic carbocycles. The van der Waals surface area contributed by atoms with E-state index in [0.29, 0.717) is 31.7 Å². The highest BCUT2D eigenvalue weighted by molar-refractivity contribution is 5.89. The number of carbonyl (C=O) groups excluding carboxylic acids is 2. The molecule has 6 heterocycles. The molecule has 0 spiro atoms. The molecule has 11 nitrogen and oxygen atoms in total. The van der Waals surface area contributed by atoms with Crippen molar-refractivity contribution in [2.75, 3.05) is 33.4 Å². The van der Waals surface area contributed by atoms with E-state index in [9.17, 15) is 19.8 Å². The maximum atomic E-state index is 13.0. The average Bonchev–Trinajstić information content (AvgIpc) is 3.67. The summed E-state index contributed by atoms with van der Waals surface area (Å²) in [5.41, 5.74) is 6.24. The highest BCUT2D eigenvalue weighted by Crippen LogP contribution is 2.57. The van der Waals surface area contributed by atoms with Gasteiger partial charge in [-0.3, -0.25) is 14.5 Å². The maximum Gasteiger partial charge on any atom is 0.303 e. The number of fused-ring (bicyclic) bond motifs is 9. The number of para-hydroxylation sites is 1. The largest absolute Gasteiger partial charge is 0.496 e. The number of ether oxygens (including phenoxy) is 3. The summed E-state index contributed by atoms with van der Waals surface area (Å²) in [5, 5.41) is 28.2. The van der Waals surface area contributed by atoms with Crippen LogP contribution in [-0.4, -0.2) is 94.2 Å². The van der Waals surface area contributed by atoms with E-state index in [1.165, 1.54) is 13.8 Å². The first-order valence-corrected chi connectivity index (χ1v) is 19.6. The molecule has 10 rings (SSSR count). The number of hydrogen-bond donors (Lipinski definition) is 5. The minimum atomic E-state index is -1.18. The lowest BCUT2D eigenvalue weighted by Crippen LogP contribution is -2.67. The molecule has 286 valence electrons. The summed E-state index contributed by atoms with van der Waals surface area (Å²) in [5.74, 6) is -0.235. The van der Waals surface area contributed by atoms with E-state index in [0.717, 1.165) is 87.1 Å². The lowest BCUT2D eigenvalue weighted by Gasteiger charge is -2.58. The van der Waals surface area contributed by atoms with Crippen molar-refractivity contribution >= 4 is 33.7 Å². The topological polar surface area (TPSA) is 149 Å². The van der Waals surface area contributed by atoms with Crippen LogP contribution in [0.4, 0.5) is 0 Å². The van der Waals surface area contributed by atoms with E-state index in [4.69, 9.17) is 14.2 Å². The molecule has 0 amide bonds. The van der Waals surface area contributed by atoms with Crippen LogP contribution in [0.25, 0.3) is 21.8 Å². The summed E-state index contributed by atoms with van der Waals surface area (Å²) >= 11 is 0. The van der Waals surface area contributed by atoms with Crippen LogP contribution in [0.15, 0.2) is 48.0 Å². The van der Waals surface area contributed by atoms with Crippen molar-refractivity contribution in [3.63, 3.8) is 0 Å². The normalized spacial score (nSPS) is 34.1. The van der Waals surface area contributed by atoms with Crippen LogP contribution < -0.4 is 10.1 Å². The number of aliphatic hydroxyl groups excluding tert-OH is 2. The summed E-state index contributed by atoms with van der Waals surface area (Å²) in [7, 11) is 1.70. The Morgan fingerprint density at radius 3 is 2.57 bits per heavy atom. The molecule has 3 saturated heterocycles. The van der Waals surface area contributed by atoms with Gasteiger partial charge in [-0.1, -0.05) is 29.8 Å². The van der Waals surface area contributed by atoms with Gasteiger partial charge in [0.25, 0.3) is 0 Å². The molecule has 6 aliphatic rings. The lowest BCUT2D eigenvalue weighted by molar-refractivity contribution is -0.208. The first kappa shape index (κ1) is 35.5. The van der Waals surface area contributed by atoms with Gasteiger partial charge in [0, 0.05) is 90.4 Å². The number of H-pyrrole nitrogens is 2. The van der Waals surface area contributed by atoms with Crippen molar-refractivity contribution in [2.45, 2.75) is 95.1 Å². The number of piperidine rings is 3. The summed E-state index contributed by atoms with van der Waals surface area (Å²) in [6, 6.07) is 12.2. The van der Waals surface area contributed by atoms with E-state index in [-0.39, 0.29) is 42.4 Å². The minimum absolute atomic E-state index is 0.0201. The van der Waals surface area contributed by atoms with Crippen molar-refractivity contribution in [2.24, 2.45) is 17.8 Å². The number of esters is 2. The van der Waals surface area contributed by atoms with Gasteiger partial charge in [0.2, 0.25) is 0 Å². The van der Waals surface area contributed by atoms with Gasteiger partial charge in [0.05, 0.1) is 37.6 Å². The standard InChI is InChI=1S/C43H52N4O7/c1-6-26-19-44-38-16-33-27-9-7-8-10-35(27)45-39(33)32(15-34(26)43(38,21-48)54-24(4)51)31-14-30-28-11-12-47-20-25-13-29(22(2)49)41(47)42(18-25,53-23(3)50)40(28)46-36(30)17-37(31)52-5/h6-10,14,17,22,25,29,32,34,38,41,44-46,48-49H,11-13,15-16,18-21H2,1-5H3. The van der Waals surface area contributed by atoms with Crippen LogP contribution in [0.3, 0.4) is 0 Å². The van der Waals surface area contributed by atoms with Crippen molar-refractivity contribution < 1.29 is 34.0 Å². The minimum Gasteiger partial charge on any atom is -0.496 e. The third-order valence-corrected chi connectivity index (χ3v) is 13.8. The molecule has 5 N–H and O–H groups in total. The summed E-state index contributed by atoms with van der Waals surface area (Å²) in [6.45, 7) is 8.84. The summed E-state index contributed by atoms with van der Waals surface area (Å²) in [4.78, 5) is 35.9. The number of nitrogens with zero attached hydrogens (tertiary/aromatic N) is 1. The zero-order valence-electron chi connectivity index (χ0n) is 31.8. The Balaban J connectivity index is 1.28. The van der Waals surface area contributed by atoms with Crippen molar-refractivity contribution in [3.8, 4) is 5.75 Å². The molecule has 2 aliphatic carbocycles. The van der Waals surface area contributed by atoms with Crippen molar-refractivity contribution in [1.82, 2.24) is 20.2 Å². The van der Waals surface area contributed by atoms with Gasteiger partial charge in [-0.2, -0.15) is 0 Å². The van der Waals surface area contributed by atoms with E-state index < -0.39 is 23.3 Å². The molecular formula is C43H52N4O7. The highest BCUT2D eigenvalue weighted by Gasteiger charge is 2.62. The predicted molar refractivity (Wildman–Crippen MR) is 204 cm³/mol. The van der Waals surface area contributed by atoms with Gasteiger partial charge in [-0.05, 0) is 75.1 Å². The number of methoxy groups -OCH3 is 1. The lowest BCUT2D eigenvalue weighted by atomic mass is 9.62. The number of allylic oxidation sites excluding steroid dienone is 1. The molecule has 0 radical (unpaired) electrons. The highest BCUT2D eigenvalue weighted by atomic mass is 16.6. The molecule has 10 atom stereocenters. The van der Waals surface area contributed by atoms with Crippen LogP contribution in [0.5, 0.6) is 5.75 Å². The molecule has 6 bridgehead atoms. The number of nitrogens with one attached hydrogen (secondary N) is 3.